The fraction of sp³-hybridized carbons (Fsp3) is 0.211. The van der Waals surface area contributed by atoms with Gasteiger partial charge in [0.2, 0.25) is 15.9 Å². The second kappa shape index (κ2) is 10.3. The van der Waals surface area contributed by atoms with Crippen LogP contribution in [-0.4, -0.2) is 38.9 Å². The second-order valence-electron chi connectivity index (χ2n) is 6.33. The molecule has 0 aliphatic rings. The molecule has 2 rings (SSSR count). The van der Waals surface area contributed by atoms with Gasteiger partial charge in [-0.15, -0.1) is 0 Å². The summed E-state index contributed by atoms with van der Waals surface area (Å²) in [5.74, 6) is -2.62. The predicted octanol–water partition coefficient (Wildman–Crippen LogP) is 2.29. The van der Waals surface area contributed by atoms with Crippen molar-refractivity contribution < 1.29 is 31.9 Å². The van der Waals surface area contributed by atoms with Crippen LogP contribution >= 0.6 is 11.6 Å². The molecule has 31 heavy (non-hydrogen) atoms. The number of halogens is 2. The van der Waals surface area contributed by atoms with Gasteiger partial charge in [0.25, 0.3) is 5.91 Å². The molecule has 166 valence electrons. The van der Waals surface area contributed by atoms with Gasteiger partial charge in [0.1, 0.15) is 11.9 Å². The summed E-state index contributed by atoms with van der Waals surface area (Å²) in [5.41, 5.74) is 0.534. The third-order valence-corrected chi connectivity index (χ3v) is 5.59. The van der Waals surface area contributed by atoms with Crippen LogP contribution in [0, 0.1) is 5.82 Å². The van der Waals surface area contributed by atoms with Crippen LogP contribution in [0.5, 0.6) is 0 Å². The summed E-state index contributed by atoms with van der Waals surface area (Å²) in [6.45, 7) is 1.86. The summed E-state index contributed by atoms with van der Waals surface area (Å²) in [5, 5.41) is 4.80. The highest BCUT2D eigenvalue weighted by molar-refractivity contribution is 7.89. The summed E-state index contributed by atoms with van der Waals surface area (Å²) < 4.78 is 44.7. The topological polar surface area (TPSA) is 131 Å². The molecule has 0 aliphatic heterocycles. The van der Waals surface area contributed by atoms with E-state index in [1.165, 1.54) is 44.2 Å². The quantitative estimate of drug-likeness (QED) is 0.506. The minimum absolute atomic E-state index is 0.0367. The molecule has 0 saturated carbocycles. The molecule has 2 aromatic rings. The van der Waals surface area contributed by atoms with Crippen LogP contribution < -0.4 is 15.4 Å². The molecule has 0 heterocycles. The number of rotatable bonds is 8. The number of esters is 1. The van der Waals surface area contributed by atoms with Gasteiger partial charge in [-0.2, -0.15) is 4.72 Å². The number of amides is 2. The number of nitrogens with one attached hydrogen (secondary N) is 3. The average Bonchev–Trinajstić information content (AvgIpc) is 2.68. The summed E-state index contributed by atoms with van der Waals surface area (Å²) in [7, 11) is -4.06. The van der Waals surface area contributed by atoms with E-state index in [2.05, 4.69) is 15.4 Å². The molecule has 0 bridgehead atoms. The lowest BCUT2D eigenvalue weighted by atomic mass is 10.3. The second-order valence-corrected chi connectivity index (χ2v) is 8.45. The molecular weight excluding hydrogens is 453 g/mol. The Morgan fingerprint density at radius 3 is 2.32 bits per heavy atom. The van der Waals surface area contributed by atoms with Gasteiger partial charge in [0.15, 0.2) is 6.61 Å². The van der Waals surface area contributed by atoms with Crippen molar-refractivity contribution in [1.82, 2.24) is 4.72 Å². The van der Waals surface area contributed by atoms with E-state index in [4.69, 9.17) is 16.3 Å². The van der Waals surface area contributed by atoms with Crippen molar-refractivity contribution in [1.29, 1.82) is 0 Å². The van der Waals surface area contributed by atoms with E-state index in [0.29, 0.717) is 5.69 Å². The van der Waals surface area contributed by atoms with E-state index in [1.807, 2.05) is 0 Å². The molecule has 0 aromatic heterocycles. The third kappa shape index (κ3) is 7.31. The Hall–Kier alpha value is -3.02. The molecule has 0 radical (unpaired) electrons. The molecule has 2 aromatic carbocycles. The number of sulfonamides is 1. The lowest BCUT2D eigenvalue weighted by molar-refractivity contribution is -0.148. The van der Waals surface area contributed by atoms with E-state index < -0.39 is 40.4 Å². The Morgan fingerprint density at radius 2 is 1.74 bits per heavy atom. The van der Waals surface area contributed by atoms with Gasteiger partial charge < -0.3 is 15.4 Å². The van der Waals surface area contributed by atoms with Crippen molar-refractivity contribution in [3.05, 3.63) is 53.3 Å². The molecule has 2 amide bonds. The highest BCUT2D eigenvalue weighted by Gasteiger charge is 2.24. The highest BCUT2D eigenvalue weighted by atomic mass is 35.5. The smallest absolute Gasteiger partial charge is 0.324 e. The lowest BCUT2D eigenvalue weighted by Crippen LogP contribution is -2.40. The average molecular weight is 472 g/mol. The van der Waals surface area contributed by atoms with Crippen LogP contribution in [0.2, 0.25) is 5.02 Å². The molecule has 0 fully saturated rings. The predicted molar refractivity (Wildman–Crippen MR) is 112 cm³/mol. The Bertz CT molecular complexity index is 1090. The first-order valence-electron chi connectivity index (χ1n) is 8.79. The molecule has 0 saturated heterocycles. The number of ether oxygens (including phenoxy) is 1. The zero-order valence-electron chi connectivity index (χ0n) is 16.4. The standard InChI is InChI=1S/C19H19ClFN3O6S/c1-11(24-31(28,29)15-6-4-14(5-7-15)22-12(2)25)19(27)30-10-18(26)23-17-8-3-13(21)9-16(17)20/h3-9,11,24H,10H2,1-2H3,(H,22,25)(H,23,26)/t11-/m1/s1. The largest absolute Gasteiger partial charge is 0.454 e. The first-order chi connectivity index (χ1) is 14.5. The van der Waals surface area contributed by atoms with Crippen molar-refractivity contribution in [3.63, 3.8) is 0 Å². The van der Waals surface area contributed by atoms with Crippen LogP contribution in [0.1, 0.15) is 13.8 Å². The molecule has 1 atom stereocenters. The van der Waals surface area contributed by atoms with E-state index in [9.17, 15) is 27.2 Å². The van der Waals surface area contributed by atoms with Gasteiger partial charge in [-0.3, -0.25) is 14.4 Å². The molecule has 0 aliphatic carbocycles. The zero-order chi connectivity index (χ0) is 23.2. The Kier molecular flexibility index (Phi) is 8.08. The van der Waals surface area contributed by atoms with Crippen LogP contribution in [0.25, 0.3) is 0 Å². The maximum absolute atomic E-state index is 13.0. The summed E-state index contributed by atoms with van der Waals surface area (Å²) >= 11 is 5.79. The fourth-order valence-corrected chi connectivity index (χ4v) is 3.72. The molecule has 0 unspecified atom stereocenters. The highest BCUT2D eigenvalue weighted by Crippen LogP contribution is 2.22. The molecule has 3 N–H and O–H groups in total. The maximum Gasteiger partial charge on any atom is 0.324 e. The fourth-order valence-electron chi connectivity index (χ4n) is 2.31. The van der Waals surface area contributed by atoms with Gasteiger partial charge in [0.05, 0.1) is 15.6 Å². The Balaban J connectivity index is 1.90. The molecule has 12 heteroatoms. The normalized spacial score (nSPS) is 12.0. The Morgan fingerprint density at radius 1 is 1.10 bits per heavy atom. The van der Waals surface area contributed by atoms with Crippen molar-refractivity contribution >= 4 is 50.8 Å². The molecular formula is C19H19ClFN3O6S. The third-order valence-electron chi connectivity index (χ3n) is 3.72. The molecule has 9 nitrogen and oxygen atoms in total. The number of hydrogen-bond donors (Lipinski definition) is 3. The van der Waals surface area contributed by atoms with Crippen molar-refractivity contribution in [2.24, 2.45) is 0 Å². The van der Waals surface area contributed by atoms with Gasteiger partial charge in [0, 0.05) is 12.6 Å². The first kappa shape index (κ1) is 24.3. The van der Waals surface area contributed by atoms with E-state index in [-0.39, 0.29) is 21.5 Å². The van der Waals surface area contributed by atoms with Gasteiger partial charge >= 0.3 is 5.97 Å². The van der Waals surface area contributed by atoms with Crippen LogP contribution in [-0.2, 0) is 29.1 Å². The minimum atomic E-state index is -4.06. The number of benzene rings is 2. The molecule has 0 spiro atoms. The van der Waals surface area contributed by atoms with Crippen molar-refractivity contribution in [2.75, 3.05) is 17.2 Å². The van der Waals surface area contributed by atoms with E-state index in [0.717, 1.165) is 12.1 Å². The minimum Gasteiger partial charge on any atom is -0.454 e. The SMILES string of the molecule is CC(=O)Nc1ccc(S(=O)(=O)N[C@H](C)C(=O)OCC(=O)Nc2ccc(F)cc2Cl)cc1. The monoisotopic (exact) mass is 471 g/mol. The van der Waals surface area contributed by atoms with Crippen LogP contribution in [0.3, 0.4) is 0 Å². The number of carbonyl (C=O) groups is 3. The summed E-state index contributed by atoms with van der Waals surface area (Å²) in [6, 6.07) is 7.34. The number of carbonyl (C=O) groups excluding carboxylic acids is 3. The summed E-state index contributed by atoms with van der Waals surface area (Å²) in [6.07, 6.45) is 0. The maximum atomic E-state index is 13.0. The number of hydrogen-bond acceptors (Lipinski definition) is 6. The van der Waals surface area contributed by atoms with E-state index in [1.54, 1.807) is 0 Å². The van der Waals surface area contributed by atoms with Crippen molar-refractivity contribution in [3.8, 4) is 0 Å². The lowest BCUT2D eigenvalue weighted by Gasteiger charge is -2.14. The van der Waals surface area contributed by atoms with Gasteiger partial charge in [-0.1, -0.05) is 11.6 Å². The van der Waals surface area contributed by atoms with Crippen molar-refractivity contribution in [2.45, 2.75) is 24.8 Å². The van der Waals surface area contributed by atoms with Crippen LogP contribution in [0.15, 0.2) is 47.4 Å². The van der Waals surface area contributed by atoms with E-state index >= 15 is 0 Å². The summed E-state index contributed by atoms with van der Waals surface area (Å²) in [4.78, 5) is 34.8. The number of anilines is 2. The first-order valence-corrected chi connectivity index (χ1v) is 10.7. The van der Waals surface area contributed by atoms with Gasteiger partial charge in [-0.25, -0.2) is 12.8 Å². The Labute approximate surface area is 183 Å². The zero-order valence-corrected chi connectivity index (χ0v) is 18.0. The van der Waals surface area contributed by atoms with Crippen LogP contribution in [0.4, 0.5) is 15.8 Å². The van der Waals surface area contributed by atoms with Gasteiger partial charge in [-0.05, 0) is 49.4 Å².